The quantitative estimate of drug-likeness (QED) is 0.623. The molecule has 1 unspecified atom stereocenters. The second-order valence-electron chi connectivity index (χ2n) is 3.76. The van der Waals surface area contributed by atoms with Crippen LogP contribution >= 0.6 is 11.8 Å². The number of rotatable bonds is 5. The Hall–Kier alpha value is -1.36. The molecule has 1 aromatic carbocycles. The molecule has 0 bridgehead atoms. The summed E-state index contributed by atoms with van der Waals surface area (Å²) in [4.78, 5) is 11.5. The highest BCUT2D eigenvalue weighted by Crippen LogP contribution is 2.24. The average Bonchev–Trinajstić information content (AvgIpc) is 2.31. The van der Waals surface area contributed by atoms with Crippen LogP contribution in [0.2, 0.25) is 0 Å². The summed E-state index contributed by atoms with van der Waals surface area (Å²) >= 11 is 1.75. The average molecular weight is 254 g/mol. The summed E-state index contributed by atoms with van der Waals surface area (Å²) in [6, 6.07) is 5.60. The maximum Gasteiger partial charge on any atom is 0.340 e. The Labute approximate surface area is 106 Å². The van der Waals surface area contributed by atoms with Crippen molar-refractivity contribution < 1.29 is 9.53 Å². The summed E-state index contributed by atoms with van der Waals surface area (Å²) in [6.45, 7) is 2.07. The highest BCUT2D eigenvalue weighted by Gasteiger charge is 2.13. The minimum atomic E-state index is -0.413. The lowest BCUT2D eigenvalue weighted by Crippen LogP contribution is -2.19. The zero-order valence-electron chi connectivity index (χ0n) is 10.3. The van der Waals surface area contributed by atoms with Gasteiger partial charge >= 0.3 is 5.97 Å². The van der Waals surface area contributed by atoms with Crippen LogP contribution in [0.4, 0.5) is 11.4 Å². The molecule has 0 radical (unpaired) electrons. The van der Waals surface area contributed by atoms with Crippen molar-refractivity contribution in [3.63, 3.8) is 0 Å². The Morgan fingerprint density at radius 1 is 1.59 bits per heavy atom. The molecule has 0 spiro atoms. The van der Waals surface area contributed by atoms with E-state index in [1.807, 2.05) is 12.3 Å². The van der Waals surface area contributed by atoms with Gasteiger partial charge in [-0.15, -0.1) is 0 Å². The number of anilines is 2. The molecule has 0 fully saturated rings. The van der Waals surface area contributed by atoms with Crippen molar-refractivity contribution in [2.24, 2.45) is 0 Å². The van der Waals surface area contributed by atoms with Gasteiger partial charge in [0, 0.05) is 11.8 Å². The minimum absolute atomic E-state index is 0.292. The number of carbonyl (C=O) groups is 1. The number of esters is 1. The van der Waals surface area contributed by atoms with Gasteiger partial charge in [-0.05, 0) is 25.3 Å². The largest absolute Gasteiger partial charge is 0.465 e. The molecule has 1 atom stereocenters. The third-order valence-electron chi connectivity index (χ3n) is 2.33. The second kappa shape index (κ2) is 6.39. The van der Waals surface area contributed by atoms with Gasteiger partial charge < -0.3 is 15.8 Å². The standard InChI is InChI=1S/C12H18N2O2S/c1-8(7-17-3)14-10-6-4-5-9(11(10)13)12(15)16-2/h4-6,8,14H,7,13H2,1-3H3. The fraction of sp³-hybridized carbons (Fsp3) is 0.417. The van der Waals surface area contributed by atoms with Crippen LogP contribution in [-0.2, 0) is 4.74 Å². The van der Waals surface area contributed by atoms with Gasteiger partial charge in [-0.1, -0.05) is 6.07 Å². The topological polar surface area (TPSA) is 64.3 Å². The van der Waals surface area contributed by atoms with E-state index in [1.54, 1.807) is 23.9 Å². The monoisotopic (exact) mass is 254 g/mol. The van der Waals surface area contributed by atoms with E-state index < -0.39 is 5.97 Å². The lowest BCUT2D eigenvalue weighted by Gasteiger charge is -2.17. The summed E-state index contributed by atoms with van der Waals surface area (Å²) in [5, 5.41) is 3.28. The van der Waals surface area contributed by atoms with Gasteiger partial charge in [0.2, 0.25) is 0 Å². The summed E-state index contributed by atoms with van der Waals surface area (Å²) in [5.41, 5.74) is 7.54. The Balaban J connectivity index is 2.90. The summed E-state index contributed by atoms with van der Waals surface area (Å²) < 4.78 is 4.67. The number of para-hydroxylation sites is 1. The van der Waals surface area contributed by atoms with Gasteiger partial charge in [-0.2, -0.15) is 11.8 Å². The molecule has 0 amide bonds. The molecule has 0 aromatic heterocycles. The van der Waals surface area contributed by atoms with Gasteiger partial charge in [-0.25, -0.2) is 4.79 Å². The van der Waals surface area contributed by atoms with Gasteiger partial charge in [-0.3, -0.25) is 0 Å². The van der Waals surface area contributed by atoms with E-state index >= 15 is 0 Å². The van der Waals surface area contributed by atoms with Gasteiger partial charge in [0.05, 0.1) is 24.0 Å². The third kappa shape index (κ3) is 3.56. The first-order chi connectivity index (χ1) is 8.10. The summed E-state index contributed by atoms with van der Waals surface area (Å²) in [7, 11) is 1.35. The molecule has 94 valence electrons. The molecular weight excluding hydrogens is 236 g/mol. The molecule has 3 N–H and O–H groups in total. The Morgan fingerprint density at radius 2 is 2.29 bits per heavy atom. The molecule has 1 rings (SSSR count). The third-order valence-corrected chi connectivity index (χ3v) is 3.16. The van der Waals surface area contributed by atoms with Crippen LogP contribution in [0, 0.1) is 0 Å². The number of ether oxygens (including phenoxy) is 1. The Kier molecular flexibility index (Phi) is 5.15. The number of nitrogen functional groups attached to an aromatic ring is 1. The molecule has 0 saturated carbocycles. The van der Waals surface area contributed by atoms with Crippen molar-refractivity contribution in [2.75, 3.05) is 30.2 Å². The highest BCUT2D eigenvalue weighted by molar-refractivity contribution is 7.98. The van der Waals surface area contributed by atoms with Crippen molar-refractivity contribution in [3.8, 4) is 0 Å². The summed E-state index contributed by atoms with van der Waals surface area (Å²) in [5.74, 6) is 0.561. The van der Waals surface area contributed by atoms with Gasteiger partial charge in [0.25, 0.3) is 0 Å². The first-order valence-electron chi connectivity index (χ1n) is 5.32. The van der Waals surface area contributed by atoms with Crippen LogP contribution in [0.5, 0.6) is 0 Å². The predicted molar refractivity (Wildman–Crippen MR) is 73.7 cm³/mol. The molecule has 1 aromatic rings. The molecule has 4 nitrogen and oxygen atoms in total. The lowest BCUT2D eigenvalue weighted by atomic mass is 10.1. The number of hydrogen-bond donors (Lipinski definition) is 2. The van der Waals surface area contributed by atoms with Crippen molar-refractivity contribution in [1.82, 2.24) is 0 Å². The maximum atomic E-state index is 11.5. The number of thioether (sulfide) groups is 1. The molecular formula is C12H18N2O2S. The number of methoxy groups -OCH3 is 1. The van der Waals surface area contributed by atoms with Crippen LogP contribution in [0.3, 0.4) is 0 Å². The fourth-order valence-corrected chi connectivity index (χ4v) is 2.12. The van der Waals surface area contributed by atoms with Gasteiger partial charge in [0.1, 0.15) is 0 Å². The molecule has 5 heteroatoms. The van der Waals surface area contributed by atoms with Crippen LogP contribution in [0.25, 0.3) is 0 Å². The Bertz CT molecular complexity index is 396. The smallest absolute Gasteiger partial charge is 0.340 e. The fourth-order valence-electron chi connectivity index (χ4n) is 1.54. The van der Waals surface area contributed by atoms with Crippen molar-refractivity contribution in [2.45, 2.75) is 13.0 Å². The zero-order valence-corrected chi connectivity index (χ0v) is 11.1. The van der Waals surface area contributed by atoms with E-state index in [0.29, 0.717) is 17.3 Å². The molecule has 0 saturated heterocycles. The van der Waals surface area contributed by atoms with Crippen molar-refractivity contribution >= 4 is 29.1 Å². The number of benzene rings is 1. The molecule has 0 heterocycles. The number of nitrogens with two attached hydrogens (primary N) is 1. The number of hydrogen-bond acceptors (Lipinski definition) is 5. The van der Waals surface area contributed by atoms with Gasteiger partial charge in [0.15, 0.2) is 0 Å². The molecule has 0 aliphatic carbocycles. The van der Waals surface area contributed by atoms with Crippen molar-refractivity contribution in [3.05, 3.63) is 23.8 Å². The number of nitrogens with one attached hydrogen (secondary N) is 1. The van der Waals surface area contributed by atoms with Crippen LogP contribution in [0.15, 0.2) is 18.2 Å². The van der Waals surface area contributed by atoms with E-state index in [4.69, 9.17) is 5.73 Å². The first-order valence-corrected chi connectivity index (χ1v) is 6.71. The van der Waals surface area contributed by atoms with E-state index in [0.717, 1.165) is 11.4 Å². The zero-order chi connectivity index (χ0) is 12.8. The van der Waals surface area contributed by atoms with E-state index in [-0.39, 0.29) is 0 Å². The number of carbonyl (C=O) groups excluding carboxylic acids is 1. The molecule has 0 aliphatic rings. The molecule has 0 aliphatic heterocycles. The maximum absolute atomic E-state index is 11.5. The normalized spacial score (nSPS) is 11.9. The predicted octanol–water partition coefficient (Wildman–Crippen LogP) is 2.22. The molecule has 17 heavy (non-hydrogen) atoms. The second-order valence-corrected chi connectivity index (χ2v) is 4.67. The lowest BCUT2D eigenvalue weighted by molar-refractivity contribution is 0.0602. The minimum Gasteiger partial charge on any atom is -0.465 e. The van der Waals surface area contributed by atoms with E-state index in [9.17, 15) is 4.79 Å². The highest BCUT2D eigenvalue weighted by atomic mass is 32.2. The van der Waals surface area contributed by atoms with Crippen LogP contribution in [-0.4, -0.2) is 31.1 Å². The Morgan fingerprint density at radius 3 is 2.88 bits per heavy atom. The van der Waals surface area contributed by atoms with Crippen LogP contribution in [0.1, 0.15) is 17.3 Å². The van der Waals surface area contributed by atoms with E-state index in [2.05, 4.69) is 17.0 Å². The van der Waals surface area contributed by atoms with Crippen molar-refractivity contribution in [1.29, 1.82) is 0 Å². The summed E-state index contributed by atoms with van der Waals surface area (Å²) in [6.07, 6.45) is 2.05. The SMILES string of the molecule is COC(=O)c1cccc(NC(C)CSC)c1N. The van der Waals surface area contributed by atoms with E-state index in [1.165, 1.54) is 7.11 Å². The van der Waals surface area contributed by atoms with Crippen LogP contribution < -0.4 is 11.1 Å². The first kappa shape index (κ1) is 13.7.